The monoisotopic (exact) mass is 379 g/mol. The predicted molar refractivity (Wildman–Crippen MR) is 107 cm³/mol. The van der Waals surface area contributed by atoms with Gasteiger partial charge >= 0.3 is 0 Å². The molecule has 1 aliphatic heterocycles. The fraction of sp³-hybridized carbons (Fsp3) is 0.300. The Bertz CT molecular complexity index is 941. The lowest BCUT2D eigenvalue weighted by Crippen LogP contribution is -2.38. The smallest absolute Gasteiger partial charge is 0.242 e. The van der Waals surface area contributed by atoms with E-state index in [-0.39, 0.29) is 12.5 Å². The molecule has 3 aromatic heterocycles. The number of pyridine rings is 1. The van der Waals surface area contributed by atoms with Crippen molar-refractivity contribution in [2.75, 3.05) is 18.4 Å². The third kappa shape index (κ3) is 3.98. The highest BCUT2D eigenvalue weighted by molar-refractivity contribution is 7.10. The predicted octanol–water partition coefficient (Wildman–Crippen LogP) is 3.16. The molecule has 0 radical (unpaired) electrons. The van der Waals surface area contributed by atoms with Crippen LogP contribution in [0, 0.1) is 0 Å². The Kier molecular flexibility index (Phi) is 5.11. The van der Waals surface area contributed by atoms with Crippen molar-refractivity contribution in [1.82, 2.24) is 19.9 Å². The first-order valence-electron chi connectivity index (χ1n) is 9.09. The minimum atomic E-state index is 0.0860. The summed E-state index contributed by atoms with van der Waals surface area (Å²) < 4.78 is 0. The van der Waals surface area contributed by atoms with Crippen molar-refractivity contribution in [3.63, 3.8) is 0 Å². The van der Waals surface area contributed by atoms with E-state index in [4.69, 9.17) is 0 Å². The van der Waals surface area contributed by atoms with Crippen LogP contribution in [-0.4, -0.2) is 38.8 Å². The first-order chi connectivity index (χ1) is 13.2. The number of carbonyl (C=O) groups excluding carboxylic acids is 1. The van der Waals surface area contributed by atoms with Crippen LogP contribution < -0.4 is 5.32 Å². The number of nitrogens with one attached hydrogen (secondary N) is 1. The number of nitrogens with zero attached hydrogens (tertiary/aromatic N) is 4. The number of rotatable bonds is 5. The Morgan fingerprint density at radius 2 is 2.22 bits per heavy atom. The van der Waals surface area contributed by atoms with Gasteiger partial charge in [0, 0.05) is 35.9 Å². The van der Waals surface area contributed by atoms with Crippen LogP contribution in [0.1, 0.15) is 23.1 Å². The van der Waals surface area contributed by atoms with E-state index in [1.54, 1.807) is 17.5 Å². The van der Waals surface area contributed by atoms with Gasteiger partial charge in [0.15, 0.2) is 5.82 Å². The molecule has 7 heteroatoms. The fourth-order valence-corrected chi connectivity index (χ4v) is 4.01. The van der Waals surface area contributed by atoms with E-state index in [2.05, 4.69) is 31.7 Å². The Hall–Kier alpha value is -2.80. The summed E-state index contributed by atoms with van der Waals surface area (Å²) in [4.78, 5) is 29.3. The van der Waals surface area contributed by atoms with Crippen LogP contribution >= 0.6 is 11.3 Å². The molecule has 6 nitrogen and oxygen atoms in total. The Balaban J connectivity index is 1.45. The van der Waals surface area contributed by atoms with Gasteiger partial charge in [-0.3, -0.25) is 9.78 Å². The summed E-state index contributed by atoms with van der Waals surface area (Å²) in [6, 6.07) is 9.67. The summed E-state index contributed by atoms with van der Waals surface area (Å²) in [6.07, 6.45) is 3.46. The van der Waals surface area contributed by atoms with Crippen LogP contribution in [0.15, 0.2) is 41.9 Å². The molecule has 0 spiro atoms. The molecule has 0 saturated heterocycles. The maximum Gasteiger partial charge on any atom is 0.242 e. The second-order valence-corrected chi connectivity index (χ2v) is 7.43. The zero-order valence-electron chi connectivity index (χ0n) is 15.2. The number of amides is 1. The van der Waals surface area contributed by atoms with Crippen molar-refractivity contribution in [2.45, 2.75) is 26.3 Å². The maximum atomic E-state index is 12.6. The highest BCUT2D eigenvalue weighted by atomic mass is 32.1. The molecule has 0 unspecified atom stereocenters. The van der Waals surface area contributed by atoms with Crippen molar-refractivity contribution >= 4 is 23.1 Å². The molecular weight excluding hydrogens is 358 g/mol. The number of aromatic nitrogens is 3. The van der Waals surface area contributed by atoms with E-state index in [1.807, 2.05) is 36.1 Å². The molecule has 0 aromatic carbocycles. The molecule has 4 heterocycles. The van der Waals surface area contributed by atoms with Gasteiger partial charge in [0.05, 0.1) is 6.54 Å². The van der Waals surface area contributed by atoms with Gasteiger partial charge in [-0.25, -0.2) is 9.97 Å². The topological polar surface area (TPSA) is 71.0 Å². The van der Waals surface area contributed by atoms with Gasteiger partial charge in [0.2, 0.25) is 5.91 Å². The van der Waals surface area contributed by atoms with E-state index in [0.29, 0.717) is 18.2 Å². The summed E-state index contributed by atoms with van der Waals surface area (Å²) in [5.41, 5.74) is 2.91. The quantitative estimate of drug-likeness (QED) is 0.737. The van der Waals surface area contributed by atoms with Gasteiger partial charge in [-0.2, -0.15) is 0 Å². The van der Waals surface area contributed by atoms with E-state index in [1.165, 1.54) is 10.4 Å². The van der Waals surface area contributed by atoms with Crippen molar-refractivity contribution in [2.24, 2.45) is 0 Å². The SMILES string of the molecule is CCc1cc(NCC(=O)N2CCc3sccc3C2)nc(-c2ccccn2)n1. The van der Waals surface area contributed by atoms with Crippen LogP contribution in [-0.2, 0) is 24.2 Å². The molecule has 1 N–H and O–H groups in total. The van der Waals surface area contributed by atoms with Gasteiger partial charge in [-0.1, -0.05) is 13.0 Å². The first-order valence-corrected chi connectivity index (χ1v) is 9.97. The largest absolute Gasteiger partial charge is 0.361 e. The van der Waals surface area contributed by atoms with E-state index < -0.39 is 0 Å². The molecule has 4 rings (SSSR count). The van der Waals surface area contributed by atoms with Crippen molar-refractivity contribution in [3.8, 4) is 11.5 Å². The highest BCUT2D eigenvalue weighted by Gasteiger charge is 2.21. The van der Waals surface area contributed by atoms with Crippen LogP contribution in [0.5, 0.6) is 0 Å². The Labute approximate surface area is 162 Å². The van der Waals surface area contributed by atoms with Crippen LogP contribution in [0.4, 0.5) is 5.82 Å². The van der Waals surface area contributed by atoms with Crippen molar-refractivity contribution in [3.05, 3.63) is 58.0 Å². The average Bonchev–Trinajstić information content (AvgIpc) is 3.20. The van der Waals surface area contributed by atoms with Gasteiger partial charge in [0.25, 0.3) is 0 Å². The Morgan fingerprint density at radius 1 is 1.30 bits per heavy atom. The summed E-state index contributed by atoms with van der Waals surface area (Å²) in [5, 5.41) is 5.28. The number of carbonyl (C=O) groups is 1. The van der Waals surface area contributed by atoms with E-state index in [9.17, 15) is 4.79 Å². The number of fused-ring (bicyclic) bond motifs is 1. The lowest BCUT2D eigenvalue weighted by molar-refractivity contribution is -0.130. The number of hydrogen-bond acceptors (Lipinski definition) is 6. The normalized spacial score (nSPS) is 13.3. The standard InChI is InChI=1S/C20H21N5OS/c1-2-15-11-18(24-20(23-15)16-5-3-4-8-21-16)22-12-19(26)25-9-6-17-14(13-25)7-10-27-17/h3-5,7-8,10-11H,2,6,9,12-13H2,1H3,(H,22,23,24). The lowest BCUT2D eigenvalue weighted by atomic mass is 10.1. The van der Waals surface area contributed by atoms with E-state index in [0.717, 1.165) is 30.8 Å². The number of thiophene rings is 1. The van der Waals surface area contributed by atoms with Crippen LogP contribution in [0.25, 0.3) is 11.5 Å². The molecular formula is C20H21N5OS. The highest BCUT2D eigenvalue weighted by Crippen LogP contribution is 2.24. The Morgan fingerprint density at radius 3 is 3.04 bits per heavy atom. The second kappa shape index (κ2) is 7.84. The fourth-order valence-electron chi connectivity index (χ4n) is 3.12. The average molecular weight is 379 g/mol. The molecule has 1 amide bonds. The number of aryl methyl sites for hydroxylation is 1. The summed E-state index contributed by atoms with van der Waals surface area (Å²) in [7, 11) is 0. The van der Waals surface area contributed by atoms with Gasteiger partial charge in [0.1, 0.15) is 11.5 Å². The molecule has 138 valence electrons. The van der Waals surface area contributed by atoms with Gasteiger partial charge in [-0.15, -0.1) is 11.3 Å². The van der Waals surface area contributed by atoms with Crippen molar-refractivity contribution < 1.29 is 4.79 Å². The minimum Gasteiger partial charge on any atom is -0.361 e. The molecule has 1 aliphatic rings. The molecule has 0 aliphatic carbocycles. The maximum absolute atomic E-state index is 12.6. The van der Waals surface area contributed by atoms with Crippen LogP contribution in [0.2, 0.25) is 0 Å². The first kappa shape index (κ1) is 17.6. The zero-order valence-corrected chi connectivity index (χ0v) is 16.0. The molecule has 3 aromatic rings. The van der Waals surface area contributed by atoms with Crippen LogP contribution in [0.3, 0.4) is 0 Å². The molecule has 0 fully saturated rings. The lowest BCUT2D eigenvalue weighted by Gasteiger charge is -2.27. The number of hydrogen-bond donors (Lipinski definition) is 1. The van der Waals surface area contributed by atoms with E-state index >= 15 is 0 Å². The summed E-state index contributed by atoms with van der Waals surface area (Å²) in [6.45, 7) is 3.74. The van der Waals surface area contributed by atoms with Crippen molar-refractivity contribution in [1.29, 1.82) is 0 Å². The van der Waals surface area contributed by atoms with Gasteiger partial charge < -0.3 is 10.2 Å². The summed E-state index contributed by atoms with van der Waals surface area (Å²) >= 11 is 1.78. The third-order valence-electron chi connectivity index (χ3n) is 4.62. The molecule has 0 saturated carbocycles. The molecule has 0 atom stereocenters. The minimum absolute atomic E-state index is 0.0860. The van der Waals surface area contributed by atoms with Gasteiger partial charge in [-0.05, 0) is 42.0 Å². The summed E-state index contributed by atoms with van der Waals surface area (Å²) in [5.74, 6) is 1.32. The number of anilines is 1. The molecule has 27 heavy (non-hydrogen) atoms. The second-order valence-electron chi connectivity index (χ2n) is 6.42. The third-order valence-corrected chi connectivity index (χ3v) is 5.64. The molecule has 0 bridgehead atoms. The zero-order chi connectivity index (χ0) is 18.6.